The summed E-state index contributed by atoms with van der Waals surface area (Å²) < 4.78 is 0. The number of carboxylic acids is 1. The molecule has 19 heavy (non-hydrogen) atoms. The Balaban J connectivity index is 2.23. The van der Waals surface area contributed by atoms with Gasteiger partial charge in [0.2, 0.25) is 5.91 Å². The van der Waals surface area contributed by atoms with Gasteiger partial charge in [0.15, 0.2) is 0 Å². The van der Waals surface area contributed by atoms with Crippen LogP contribution in [0.2, 0.25) is 5.02 Å². The van der Waals surface area contributed by atoms with E-state index in [0.717, 1.165) is 0 Å². The number of amides is 1. The van der Waals surface area contributed by atoms with Crippen LogP contribution in [-0.2, 0) is 9.59 Å². The third-order valence-electron chi connectivity index (χ3n) is 2.20. The summed E-state index contributed by atoms with van der Waals surface area (Å²) in [5.41, 5.74) is 5.98. The Morgan fingerprint density at radius 1 is 1.47 bits per heavy atom. The van der Waals surface area contributed by atoms with E-state index >= 15 is 0 Å². The quantitative estimate of drug-likeness (QED) is 0.668. The van der Waals surface area contributed by atoms with Crippen LogP contribution in [0.3, 0.4) is 0 Å². The van der Waals surface area contributed by atoms with E-state index in [0.29, 0.717) is 28.6 Å². The molecule has 0 saturated carbocycles. The first kappa shape index (κ1) is 15.8. The van der Waals surface area contributed by atoms with Crippen molar-refractivity contribution in [2.75, 3.05) is 16.8 Å². The van der Waals surface area contributed by atoms with Crippen molar-refractivity contribution in [1.82, 2.24) is 0 Å². The molecular weight excluding hydrogens is 288 g/mol. The predicted molar refractivity (Wildman–Crippen MR) is 77.6 cm³/mol. The lowest BCUT2D eigenvalue weighted by molar-refractivity contribution is -0.137. The lowest BCUT2D eigenvalue weighted by atomic mass is 10.3. The molecule has 0 bridgehead atoms. The van der Waals surface area contributed by atoms with E-state index in [1.807, 2.05) is 0 Å². The Bertz CT molecular complexity index is 456. The van der Waals surface area contributed by atoms with Gasteiger partial charge >= 0.3 is 5.97 Å². The molecule has 0 aliphatic carbocycles. The van der Waals surface area contributed by atoms with Gasteiger partial charge in [-0.15, -0.1) is 0 Å². The minimum absolute atomic E-state index is 0.140. The standard InChI is InChI=1S/C12H15ClN2O3S/c13-8-2-1-3-9(6-8)15-11(16)4-5-19-7-10(14)12(17)18/h1-3,6,10H,4-5,7,14H2,(H,15,16)(H,17,18). The summed E-state index contributed by atoms with van der Waals surface area (Å²) in [7, 11) is 0. The van der Waals surface area contributed by atoms with Crippen LogP contribution < -0.4 is 11.1 Å². The molecular formula is C12H15ClN2O3S. The molecule has 0 aliphatic rings. The fourth-order valence-corrected chi connectivity index (χ4v) is 2.32. The molecule has 0 fully saturated rings. The van der Waals surface area contributed by atoms with E-state index in [2.05, 4.69) is 5.32 Å². The summed E-state index contributed by atoms with van der Waals surface area (Å²) in [4.78, 5) is 22.1. The van der Waals surface area contributed by atoms with Crippen LogP contribution in [0.1, 0.15) is 6.42 Å². The van der Waals surface area contributed by atoms with Crippen molar-refractivity contribution >= 4 is 40.9 Å². The fraction of sp³-hybridized carbons (Fsp3) is 0.333. The van der Waals surface area contributed by atoms with Gasteiger partial charge in [-0.25, -0.2) is 0 Å². The third kappa shape index (κ3) is 6.47. The molecule has 5 nitrogen and oxygen atoms in total. The number of carboxylic acid groups (broad SMARTS) is 1. The zero-order valence-corrected chi connectivity index (χ0v) is 11.7. The van der Waals surface area contributed by atoms with Crippen LogP contribution in [0.25, 0.3) is 0 Å². The van der Waals surface area contributed by atoms with Crippen molar-refractivity contribution in [3.63, 3.8) is 0 Å². The van der Waals surface area contributed by atoms with E-state index in [4.69, 9.17) is 22.4 Å². The molecule has 0 radical (unpaired) electrons. The Kier molecular flexibility index (Phi) is 6.69. The number of benzene rings is 1. The topological polar surface area (TPSA) is 92.4 Å². The SMILES string of the molecule is NC(CSCCC(=O)Nc1cccc(Cl)c1)C(=O)O. The summed E-state index contributed by atoms with van der Waals surface area (Å²) in [6, 6.07) is 5.99. The Labute approximate surface area is 120 Å². The highest BCUT2D eigenvalue weighted by atomic mass is 35.5. The van der Waals surface area contributed by atoms with Crippen LogP contribution in [0, 0.1) is 0 Å². The molecule has 104 valence electrons. The van der Waals surface area contributed by atoms with Crippen LogP contribution in [0.15, 0.2) is 24.3 Å². The van der Waals surface area contributed by atoms with Gasteiger partial charge in [-0.05, 0) is 18.2 Å². The maximum Gasteiger partial charge on any atom is 0.321 e. The van der Waals surface area contributed by atoms with Crippen molar-refractivity contribution in [2.24, 2.45) is 5.73 Å². The van der Waals surface area contributed by atoms with Crippen molar-refractivity contribution in [2.45, 2.75) is 12.5 Å². The number of carbonyl (C=O) groups excluding carboxylic acids is 1. The number of thioether (sulfide) groups is 1. The molecule has 1 aromatic rings. The van der Waals surface area contributed by atoms with Crippen LogP contribution >= 0.6 is 23.4 Å². The van der Waals surface area contributed by atoms with E-state index < -0.39 is 12.0 Å². The molecule has 1 atom stereocenters. The summed E-state index contributed by atoms with van der Waals surface area (Å²) in [6.07, 6.45) is 0.295. The van der Waals surface area contributed by atoms with E-state index in [1.54, 1.807) is 24.3 Å². The van der Waals surface area contributed by atoms with E-state index in [9.17, 15) is 9.59 Å². The van der Waals surface area contributed by atoms with Gasteiger partial charge in [0.05, 0.1) is 0 Å². The molecule has 4 N–H and O–H groups in total. The summed E-state index contributed by atoms with van der Waals surface area (Å²) in [5.74, 6) is -0.359. The molecule has 0 aromatic heterocycles. The number of nitrogens with one attached hydrogen (secondary N) is 1. The minimum atomic E-state index is -1.03. The number of carbonyl (C=O) groups is 2. The first-order valence-electron chi connectivity index (χ1n) is 5.60. The summed E-state index contributed by atoms with van der Waals surface area (Å²) in [6.45, 7) is 0. The second-order valence-electron chi connectivity index (χ2n) is 3.83. The Hall–Kier alpha value is -1.24. The molecule has 1 rings (SSSR count). The molecule has 1 aromatic carbocycles. The maximum atomic E-state index is 11.6. The first-order valence-corrected chi connectivity index (χ1v) is 7.14. The average molecular weight is 303 g/mol. The van der Waals surface area contributed by atoms with Gasteiger partial charge in [-0.2, -0.15) is 11.8 Å². The second-order valence-corrected chi connectivity index (χ2v) is 5.41. The Morgan fingerprint density at radius 3 is 2.84 bits per heavy atom. The number of aliphatic carboxylic acids is 1. The van der Waals surface area contributed by atoms with Gasteiger partial charge in [0.1, 0.15) is 6.04 Å². The van der Waals surface area contributed by atoms with Gasteiger partial charge < -0.3 is 16.2 Å². The third-order valence-corrected chi connectivity index (χ3v) is 3.52. The summed E-state index contributed by atoms with van der Waals surface area (Å²) in [5, 5.41) is 11.8. The largest absolute Gasteiger partial charge is 0.480 e. The number of halogens is 1. The highest BCUT2D eigenvalue weighted by Gasteiger charge is 2.11. The molecule has 7 heteroatoms. The second kappa shape index (κ2) is 8.04. The van der Waals surface area contributed by atoms with Crippen LogP contribution in [0.4, 0.5) is 5.69 Å². The highest BCUT2D eigenvalue weighted by molar-refractivity contribution is 7.99. The first-order chi connectivity index (χ1) is 8.99. The van der Waals surface area contributed by atoms with Gasteiger partial charge in [-0.1, -0.05) is 17.7 Å². The number of anilines is 1. The fourth-order valence-electron chi connectivity index (χ4n) is 1.24. The zero-order valence-electron chi connectivity index (χ0n) is 10.1. The number of nitrogens with two attached hydrogens (primary N) is 1. The zero-order chi connectivity index (χ0) is 14.3. The monoisotopic (exact) mass is 302 g/mol. The van der Waals surface area contributed by atoms with Crippen molar-refractivity contribution < 1.29 is 14.7 Å². The molecule has 0 saturated heterocycles. The Morgan fingerprint density at radius 2 is 2.21 bits per heavy atom. The molecule has 1 unspecified atom stereocenters. The normalized spacial score (nSPS) is 11.9. The number of rotatable bonds is 7. The molecule has 0 aliphatic heterocycles. The number of hydrogen-bond acceptors (Lipinski definition) is 4. The van der Waals surface area contributed by atoms with Gasteiger partial charge in [0.25, 0.3) is 0 Å². The number of hydrogen-bond donors (Lipinski definition) is 3. The molecule has 1 amide bonds. The van der Waals surface area contributed by atoms with E-state index in [1.165, 1.54) is 11.8 Å². The van der Waals surface area contributed by atoms with Gasteiger partial charge in [-0.3, -0.25) is 9.59 Å². The van der Waals surface area contributed by atoms with Gasteiger partial charge in [0, 0.05) is 28.6 Å². The average Bonchev–Trinajstić information content (AvgIpc) is 2.34. The minimum Gasteiger partial charge on any atom is -0.480 e. The smallest absolute Gasteiger partial charge is 0.321 e. The van der Waals surface area contributed by atoms with Crippen molar-refractivity contribution in [1.29, 1.82) is 0 Å². The van der Waals surface area contributed by atoms with Crippen LogP contribution in [0.5, 0.6) is 0 Å². The van der Waals surface area contributed by atoms with Crippen molar-refractivity contribution in [3.8, 4) is 0 Å². The lowest BCUT2D eigenvalue weighted by Gasteiger charge is -2.07. The molecule has 0 spiro atoms. The van der Waals surface area contributed by atoms with Crippen molar-refractivity contribution in [3.05, 3.63) is 29.3 Å². The van der Waals surface area contributed by atoms with Crippen LogP contribution in [-0.4, -0.2) is 34.5 Å². The van der Waals surface area contributed by atoms with E-state index in [-0.39, 0.29) is 5.91 Å². The highest BCUT2D eigenvalue weighted by Crippen LogP contribution is 2.15. The maximum absolute atomic E-state index is 11.6. The summed E-state index contributed by atoms with van der Waals surface area (Å²) >= 11 is 7.13. The molecule has 0 heterocycles. The lowest BCUT2D eigenvalue weighted by Crippen LogP contribution is -2.32. The predicted octanol–water partition coefficient (Wildman–Crippen LogP) is 1.81.